The molecule has 0 aromatic rings. The van der Waals surface area contributed by atoms with Gasteiger partial charge in [0, 0.05) is 5.92 Å². The Morgan fingerprint density at radius 1 is 1.54 bits per heavy atom. The lowest BCUT2D eigenvalue weighted by Crippen LogP contribution is -2.29. The Kier molecular flexibility index (Phi) is 2.38. The van der Waals surface area contributed by atoms with E-state index < -0.39 is 0 Å². The SMILES string of the molecule is C=CC[C@@H]1CCC[C@H]2COC(=O)[C@@H]12. The summed E-state index contributed by atoms with van der Waals surface area (Å²) in [6.07, 6.45) is 6.48. The minimum atomic E-state index is 0.0385. The number of cyclic esters (lactones) is 1. The molecule has 1 heterocycles. The van der Waals surface area contributed by atoms with Gasteiger partial charge in [0.05, 0.1) is 12.5 Å². The number of esters is 1. The van der Waals surface area contributed by atoms with Gasteiger partial charge in [-0.3, -0.25) is 4.79 Å². The Bertz CT molecular complexity index is 222. The first-order valence-electron chi connectivity index (χ1n) is 5.10. The Balaban J connectivity index is 2.09. The van der Waals surface area contributed by atoms with Gasteiger partial charge in [-0.25, -0.2) is 0 Å². The largest absolute Gasteiger partial charge is 0.465 e. The van der Waals surface area contributed by atoms with Crippen LogP contribution in [0.25, 0.3) is 0 Å². The van der Waals surface area contributed by atoms with E-state index in [1.165, 1.54) is 19.3 Å². The van der Waals surface area contributed by atoms with Gasteiger partial charge in [-0.05, 0) is 25.2 Å². The number of allylic oxidation sites excluding steroid dienone is 1. The molecular formula is C11H16O2. The van der Waals surface area contributed by atoms with Crippen molar-refractivity contribution in [2.75, 3.05) is 6.61 Å². The fourth-order valence-electron chi connectivity index (χ4n) is 2.72. The summed E-state index contributed by atoms with van der Waals surface area (Å²) in [7, 11) is 0. The molecular weight excluding hydrogens is 164 g/mol. The topological polar surface area (TPSA) is 26.3 Å². The van der Waals surface area contributed by atoms with E-state index in [0.717, 1.165) is 6.42 Å². The molecule has 0 aromatic heterocycles. The highest BCUT2D eigenvalue weighted by Crippen LogP contribution is 2.41. The average Bonchev–Trinajstić information content (AvgIpc) is 2.50. The molecule has 0 spiro atoms. The van der Waals surface area contributed by atoms with Crippen LogP contribution in [-0.4, -0.2) is 12.6 Å². The van der Waals surface area contributed by atoms with Crippen molar-refractivity contribution in [3.63, 3.8) is 0 Å². The Morgan fingerprint density at radius 2 is 2.38 bits per heavy atom. The predicted octanol–water partition coefficient (Wildman–Crippen LogP) is 2.15. The van der Waals surface area contributed by atoms with Crippen molar-refractivity contribution in [3.8, 4) is 0 Å². The van der Waals surface area contributed by atoms with Crippen molar-refractivity contribution in [3.05, 3.63) is 12.7 Å². The summed E-state index contributed by atoms with van der Waals surface area (Å²) in [5.41, 5.74) is 0. The van der Waals surface area contributed by atoms with Gasteiger partial charge in [0.25, 0.3) is 0 Å². The number of rotatable bonds is 2. The maximum atomic E-state index is 11.4. The van der Waals surface area contributed by atoms with Crippen LogP contribution in [0.4, 0.5) is 0 Å². The van der Waals surface area contributed by atoms with Gasteiger partial charge in [0.15, 0.2) is 0 Å². The van der Waals surface area contributed by atoms with Crippen LogP contribution < -0.4 is 0 Å². The molecule has 2 aliphatic rings. The van der Waals surface area contributed by atoms with Gasteiger partial charge >= 0.3 is 5.97 Å². The van der Waals surface area contributed by atoms with E-state index in [4.69, 9.17) is 4.74 Å². The second kappa shape index (κ2) is 3.52. The number of hydrogen-bond donors (Lipinski definition) is 0. The molecule has 0 radical (unpaired) electrons. The van der Waals surface area contributed by atoms with E-state index in [1.807, 2.05) is 6.08 Å². The highest BCUT2D eigenvalue weighted by Gasteiger charge is 2.43. The molecule has 13 heavy (non-hydrogen) atoms. The summed E-state index contributed by atoms with van der Waals surface area (Å²) < 4.78 is 5.10. The smallest absolute Gasteiger partial charge is 0.309 e. The third-order valence-corrected chi connectivity index (χ3v) is 3.35. The first kappa shape index (κ1) is 8.79. The molecule has 0 bridgehead atoms. The number of carbonyl (C=O) groups is 1. The standard InChI is InChI=1S/C11H16O2/c1-2-4-8-5-3-6-9-7-13-11(12)10(8)9/h2,8-10H,1,3-7H2/t8-,9+,10+/m1/s1. The van der Waals surface area contributed by atoms with Crippen molar-refractivity contribution in [1.82, 2.24) is 0 Å². The Labute approximate surface area is 79.0 Å². The van der Waals surface area contributed by atoms with E-state index in [1.54, 1.807) is 0 Å². The summed E-state index contributed by atoms with van der Waals surface area (Å²) in [5.74, 6) is 1.24. The Hall–Kier alpha value is -0.790. The summed E-state index contributed by atoms with van der Waals surface area (Å²) >= 11 is 0. The zero-order chi connectivity index (χ0) is 9.26. The van der Waals surface area contributed by atoms with Crippen molar-refractivity contribution in [2.24, 2.45) is 17.8 Å². The van der Waals surface area contributed by atoms with Gasteiger partial charge in [0.2, 0.25) is 0 Å². The van der Waals surface area contributed by atoms with Crippen LogP contribution in [-0.2, 0) is 9.53 Å². The molecule has 1 saturated heterocycles. The zero-order valence-corrected chi connectivity index (χ0v) is 7.87. The highest BCUT2D eigenvalue weighted by atomic mass is 16.5. The van der Waals surface area contributed by atoms with Crippen LogP contribution >= 0.6 is 0 Å². The highest BCUT2D eigenvalue weighted by molar-refractivity contribution is 5.75. The van der Waals surface area contributed by atoms with E-state index in [2.05, 4.69) is 6.58 Å². The Morgan fingerprint density at radius 3 is 3.15 bits per heavy atom. The quantitative estimate of drug-likeness (QED) is 0.481. The van der Waals surface area contributed by atoms with Crippen molar-refractivity contribution in [2.45, 2.75) is 25.7 Å². The lowest BCUT2D eigenvalue weighted by Gasteiger charge is -2.29. The van der Waals surface area contributed by atoms with E-state index in [9.17, 15) is 4.79 Å². The van der Waals surface area contributed by atoms with E-state index in [0.29, 0.717) is 18.4 Å². The molecule has 2 rings (SSSR count). The minimum absolute atomic E-state index is 0.0385. The first-order chi connectivity index (χ1) is 6.33. The number of ether oxygens (including phenoxy) is 1. The average molecular weight is 180 g/mol. The molecule has 1 aliphatic heterocycles. The number of fused-ring (bicyclic) bond motifs is 1. The second-order valence-corrected chi connectivity index (χ2v) is 4.13. The molecule has 0 unspecified atom stereocenters. The molecule has 0 N–H and O–H groups in total. The van der Waals surface area contributed by atoms with Crippen LogP contribution in [0, 0.1) is 17.8 Å². The van der Waals surface area contributed by atoms with Crippen molar-refractivity contribution >= 4 is 5.97 Å². The van der Waals surface area contributed by atoms with Gasteiger partial charge in [-0.15, -0.1) is 6.58 Å². The predicted molar refractivity (Wildman–Crippen MR) is 50.1 cm³/mol. The van der Waals surface area contributed by atoms with Gasteiger partial charge < -0.3 is 4.74 Å². The third kappa shape index (κ3) is 1.50. The number of carbonyl (C=O) groups excluding carboxylic acids is 1. The van der Waals surface area contributed by atoms with Crippen LogP contribution in [0.5, 0.6) is 0 Å². The molecule has 0 aromatic carbocycles. The monoisotopic (exact) mass is 180 g/mol. The minimum Gasteiger partial charge on any atom is -0.465 e. The summed E-state index contributed by atoms with van der Waals surface area (Å²) in [5, 5.41) is 0. The molecule has 2 heteroatoms. The van der Waals surface area contributed by atoms with Gasteiger partial charge in [-0.2, -0.15) is 0 Å². The molecule has 2 nitrogen and oxygen atoms in total. The van der Waals surface area contributed by atoms with Crippen molar-refractivity contribution in [1.29, 1.82) is 0 Å². The molecule has 1 saturated carbocycles. The van der Waals surface area contributed by atoms with Crippen LogP contribution in [0.2, 0.25) is 0 Å². The van der Waals surface area contributed by atoms with Gasteiger partial charge in [-0.1, -0.05) is 12.5 Å². The molecule has 3 atom stereocenters. The summed E-state index contributed by atoms with van der Waals surface area (Å²) in [6.45, 7) is 4.41. The summed E-state index contributed by atoms with van der Waals surface area (Å²) in [6, 6.07) is 0. The maximum absolute atomic E-state index is 11.4. The van der Waals surface area contributed by atoms with Crippen LogP contribution in [0.1, 0.15) is 25.7 Å². The fraction of sp³-hybridized carbons (Fsp3) is 0.727. The number of hydrogen-bond acceptors (Lipinski definition) is 2. The normalized spacial score (nSPS) is 38.2. The molecule has 2 fully saturated rings. The maximum Gasteiger partial charge on any atom is 0.309 e. The zero-order valence-electron chi connectivity index (χ0n) is 7.87. The van der Waals surface area contributed by atoms with E-state index >= 15 is 0 Å². The third-order valence-electron chi connectivity index (χ3n) is 3.35. The lowest BCUT2D eigenvalue weighted by atomic mass is 9.72. The molecule has 0 amide bonds. The van der Waals surface area contributed by atoms with E-state index in [-0.39, 0.29) is 11.9 Å². The summed E-state index contributed by atoms with van der Waals surface area (Å²) in [4.78, 5) is 11.4. The van der Waals surface area contributed by atoms with Crippen molar-refractivity contribution < 1.29 is 9.53 Å². The van der Waals surface area contributed by atoms with Gasteiger partial charge in [0.1, 0.15) is 0 Å². The first-order valence-corrected chi connectivity index (χ1v) is 5.10. The van der Waals surface area contributed by atoms with Crippen LogP contribution in [0.3, 0.4) is 0 Å². The second-order valence-electron chi connectivity index (χ2n) is 4.13. The fourth-order valence-corrected chi connectivity index (χ4v) is 2.72. The molecule has 72 valence electrons. The molecule has 1 aliphatic carbocycles. The lowest BCUT2D eigenvalue weighted by molar-refractivity contribution is -0.142. The van der Waals surface area contributed by atoms with Crippen LogP contribution in [0.15, 0.2) is 12.7 Å².